The van der Waals surface area contributed by atoms with E-state index in [4.69, 9.17) is 9.47 Å². The fraction of sp³-hybridized carbons (Fsp3) is 0.286. The number of benzene rings is 4. The first kappa shape index (κ1) is 26.6. The van der Waals surface area contributed by atoms with Crippen LogP contribution >= 0.6 is 0 Å². The van der Waals surface area contributed by atoms with Crippen molar-refractivity contribution in [2.45, 2.75) is 64.8 Å². The number of ether oxygens (including phenoxy) is 2. The van der Waals surface area contributed by atoms with E-state index in [1.165, 1.54) is 11.1 Å². The van der Waals surface area contributed by atoms with Gasteiger partial charge < -0.3 is 14.4 Å². The molecule has 2 atom stereocenters. The summed E-state index contributed by atoms with van der Waals surface area (Å²) in [6.07, 6.45) is 3.50. The van der Waals surface area contributed by atoms with E-state index in [2.05, 4.69) is 73.3 Å². The Balaban J connectivity index is 1.40. The van der Waals surface area contributed by atoms with Crippen LogP contribution in [0.4, 0.5) is 5.69 Å². The SMILES string of the molecule is CC(CCCc1ccccc1)Oc1cc(OCc2ccccc2)c2c(c1)N(Cc1ccccc1)C(C)CC2=O. The van der Waals surface area contributed by atoms with Crippen molar-refractivity contribution in [2.24, 2.45) is 0 Å². The minimum absolute atomic E-state index is 0.0352. The normalized spacial score (nSPS) is 15.5. The zero-order chi connectivity index (χ0) is 27.0. The molecule has 1 aliphatic heterocycles. The van der Waals surface area contributed by atoms with Gasteiger partial charge in [-0.2, -0.15) is 0 Å². The van der Waals surface area contributed by atoms with Crippen LogP contribution in [0.3, 0.4) is 0 Å². The molecule has 0 aliphatic carbocycles. The first-order chi connectivity index (χ1) is 19.1. The van der Waals surface area contributed by atoms with Gasteiger partial charge in [0.25, 0.3) is 0 Å². The number of rotatable bonds is 11. The number of nitrogens with zero attached hydrogens (tertiary/aromatic N) is 1. The highest BCUT2D eigenvalue weighted by atomic mass is 16.5. The van der Waals surface area contributed by atoms with Crippen LogP contribution in [-0.2, 0) is 19.6 Å². The van der Waals surface area contributed by atoms with Gasteiger partial charge in [0.15, 0.2) is 5.78 Å². The van der Waals surface area contributed by atoms with Gasteiger partial charge in [-0.25, -0.2) is 0 Å². The van der Waals surface area contributed by atoms with Crippen LogP contribution in [0.1, 0.15) is 60.2 Å². The third-order valence-corrected chi connectivity index (χ3v) is 7.35. The van der Waals surface area contributed by atoms with Gasteiger partial charge in [0.2, 0.25) is 0 Å². The van der Waals surface area contributed by atoms with Gasteiger partial charge in [-0.15, -0.1) is 0 Å². The number of carbonyl (C=O) groups excluding carboxylic acids is 1. The molecule has 0 radical (unpaired) electrons. The van der Waals surface area contributed by atoms with Gasteiger partial charge in [-0.3, -0.25) is 4.79 Å². The van der Waals surface area contributed by atoms with Crippen molar-refractivity contribution in [3.05, 3.63) is 125 Å². The minimum Gasteiger partial charge on any atom is -0.491 e. The number of Topliss-reactive ketones (excluding diaryl/α,β-unsaturated/α-hetero) is 1. The summed E-state index contributed by atoms with van der Waals surface area (Å²) in [5.74, 6) is 1.45. The van der Waals surface area contributed by atoms with E-state index in [1.54, 1.807) is 0 Å². The van der Waals surface area contributed by atoms with Gasteiger partial charge in [0, 0.05) is 31.1 Å². The topological polar surface area (TPSA) is 38.8 Å². The van der Waals surface area contributed by atoms with Gasteiger partial charge in [0.1, 0.15) is 18.1 Å². The van der Waals surface area contributed by atoms with Crippen LogP contribution < -0.4 is 14.4 Å². The molecule has 1 heterocycles. The zero-order valence-electron chi connectivity index (χ0n) is 22.9. The van der Waals surface area contributed by atoms with Crippen molar-refractivity contribution < 1.29 is 14.3 Å². The Hall–Kier alpha value is -4.05. The van der Waals surface area contributed by atoms with Crippen molar-refractivity contribution in [3.63, 3.8) is 0 Å². The molecule has 4 aromatic carbocycles. The van der Waals surface area contributed by atoms with Crippen LogP contribution in [0.2, 0.25) is 0 Å². The molecule has 5 rings (SSSR count). The first-order valence-electron chi connectivity index (χ1n) is 14.0. The summed E-state index contributed by atoms with van der Waals surface area (Å²) in [7, 11) is 0. The van der Waals surface area contributed by atoms with Crippen molar-refractivity contribution >= 4 is 11.5 Å². The van der Waals surface area contributed by atoms with Crippen LogP contribution in [0.25, 0.3) is 0 Å². The lowest BCUT2D eigenvalue weighted by Gasteiger charge is -2.37. The number of aryl methyl sites for hydroxylation is 1. The summed E-state index contributed by atoms with van der Waals surface area (Å²) in [4.78, 5) is 15.7. The van der Waals surface area contributed by atoms with Crippen LogP contribution in [0.15, 0.2) is 103 Å². The molecular formula is C35H37NO3. The Bertz CT molecular complexity index is 1360. The Morgan fingerprint density at radius 2 is 1.46 bits per heavy atom. The number of fused-ring (bicyclic) bond motifs is 1. The molecule has 0 aromatic heterocycles. The summed E-state index contributed by atoms with van der Waals surface area (Å²) in [6.45, 7) is 5.35. The fourth-order valence-corrected chi connectivity index (χ4v) is 5.27. The number of carbonyl (C=O) groups is 1. The Labute approximate surface area is 232 Å². The summed E-state index contributed by atoms with van der Waals surface area (Å²) in [6, 6.07) is 35.0. The van der Waals surface area contributed by atoms with E-state index < -0.39 is 0 Å². The minimum atomic E-state index is 0.0352. The molecule has 2 unspecified atom stereocenters. The maximum atomic E-state index is 13.4. The largest absolute Gasteiger partial charge is 0.491 e. The highest BCUT2D eigenvalue weighted by Crippen LogP contribution is 2.41. The monoisotopic (exact) mass is 519 g/mol. The highest BCUT2D eigenvalue weighted by Gasteiger charge is 2.32. The van der Waals surface area contributed by atoms with Gasteiger partial charge in [-0.05, 0) is 49.8 Å². The second kappa shape index (κ2) is 12.7. The van der Waals surface area contributed by atoms with E-state index in [9.17, 15) is 4.79 Å². The van der Waals surface area contributed by atoms with Gasteiger partial charge in [-0.1, -0.05) is 91.0 Å². The third kappa shape index (κ3) is 6.88. The predicted octanol–water partition coefficient (Wildman–Crippen LogP) is 8.04. The molecular weight excluding hydrogens is 482 g/mol. The standard InChI is InChI=1S/C35H37NO3/c1-26-21-33(37)35-32(36(26)24-29-16-8-4-9-17-29)22-31(23-34(35)38-25-30-18-10-5-11-19-30)39-27(2)13-12-20-28-14-6-3-7-15-28/h3-11,14-19,22-23,26-27H,12-13,20-21,24-25H2,1-2H3. The molecule has 0 fully saturated rings. The molecule has 0 bridgehead atoms. The number of anilines is 1. The van der Waals surface area contributed by atoms with E-state index >= 15 is 0 Å². The molecule has 0 spiro atoms. The maximum absolute atomic E-state index is 13.4. The Kier molecular flexibility index (Phi) is 8.62. The van der Waals surface area contributed by atoms with Gasteiger partial charge in [0.05, 0.1) is 17.4 Å². The van der Waals surface area contributed by atoms with E-state index in [0.29, 0.717) is 24.3 Å². The summed E-state index contributed by atoms with van der Waals surface area (Å²) in [5, 5.41) is 0. The van der Waals surface area contributed by atoms with Crippen molar-refractivity contribution in [1.82, 2.24) is 0 Å². The van der Waals surface area contributed by atoms with Crippen molar-refractivity contribution in [2.75, 3.05) is 4.90 Å². The quantitative estimate of drug-likeness (QED) is 0.201. The zero-order valence-corrected chi connectivity index (χ0v) is 22.9. The molecule has 4 aromatic rings. The number of hydrogen-bond donors (Lipinski definition) is 0. The van der Waals surface area contributed by atoms with Crippen LogP contribution in [0.5, 0.6) is 11.5 Å². The number of hydrogen-bond acceptors (Lipinski definition) is 4. The van der Waals surface area contributed by atoms with Crippen molar-refractivity contribution in [1.29, 1.82) is 0 Å². The predicted molar refractivity (Wildman–Crippen MR) is 158 cm³/mol. The summed E-state index contributed by atoms with van der Waals surface area (Å²) in [5.41, 5.74) is 5.16. The molecule has 4 nitrogen and oxygen atoms in total. The molecule has 39 heavy (non-hydrogen) atoms. The van der Waals surface area contributed by atoms with E-state index in [1.807, 2.05) is 48.5 Å². The lowest BCUT2D eigenvalue weighted by atomic mass is 9.93. The molecule has 1 aliphatic rings. The molecule has 200 valence electrons. The lowest BCUT2D eigenvalue weighted by Crippen LogP contribution is -2.39. The molecule has 4 heteroatoms. The van der Waals surface area contributed by atoms with E-state index in [-0.39, 0.29) is 17.9 Å². The highest BCUT2D eigenvalue weighted by molar-refractivity contribution is 6.06. The first-order valence-corrected chi connectivity index (χ1v) is 14.0. The molecule has 0 saturated heterocycles. The van der Waals surface area contributed by atoms with Crippen molar-refractivity contribution in [3.8, 4) is 11.5 Å². The number of ketones is 1. The smallest absolute Gasteiger partial charge is 0.170 e. The molecule has 0 amide bonds. The average Bonchev–Trinajstić information content (AvgIpc) is 2.95. The third-order valence-electron chi connectivity index (χ3n) is 7.35. The van der Waals surface area contributed by atoms with E-state index in [0.717, 1.165) is 42.8 Å². The molecule has 0 N–H and O–H groups in total. The maximum Gasteiger partial charge on any atom is 0.170 e. The van der Waals surface area contributed by atoms with Gasteiger partial charge >= 0.3 is 0 Å². The Morgan fingerprint density at radius 1 is 0.846 bits per heavy atom. The fourth-order valence-electron chi connectivity index (χ4n) is 5.27. The van der Waals surface area contributed by atoms with Crippen LogP contribution in [-0.4, -0.2) is 17.9 Å². The second-order valence-electron chi connectivity index (χ2n) is 10.5. The lowest BCUT2D eigenvalue weighted by molar-refractivity contribution is 0.0963. The molecule has 0 saturated carbocycles. The summed E-state index contributed by atoms with van der Waals surface area (Å²) >= 11 is 0. The van der Waals surface area contributed by atoms with Crippen LogP contribution in [0, 0.1) is 0 Å². The summed E-state index contributed by atoms with van der Waals surface area (Å²) < 4.78 is 12.8. The average molecular weight is 520 g/mol. The second-order valence-corrected chi connectivity index (χ2v) is 10.5. The Morgan fingerprint density at radius 3 is 2.13 bits per heavy atom.